The molecule has 2 aromatic rings. The molecule has 0 heterocycles. The van der Waals surface area contributed by atoms with E-state index in [1.807, 2.05) is 55.5 Å². The van der Waals surface area contributed by atoms with Crippen molar-refractivity contribution in [2.24, 2.45) is 5.73 Å². The van der Waals surface area contributed by atoms with Gasteiger partial charge in [0.15, 0.2) is 0 Å². The molecule has 20 heavy (non-hydrogen) atoms. The van der Waals surface area contributed by atoms with Gasteiger partial charge in [-0.1, -0.05) is 36.4 Å². The first-order chi connectivity index (χ1) is 9.81. The molecule has 106 valence electrons. The Labute approximate surface area is 120 Å². The van der Waals surface area contributed by atoms with Gasteiger partial charge in [-0.15, -0.1) is 0 Å². The van der Waals surface area contributed by atoms with Crippen LogP contribution in [0.1, 0.15) is 17.5 Å². The minimum absolute atomic E-state index is 0.496. The highest BCUT2D eigenvalue weighted by Gasteiger charge is 2.01. The maximum Gasteiger partial charge on any atom is 0.123 e. The number of nitrogens with two attached hydrogens (primary N) is 1. The Morgan fingerprint density at radius 2 is 1.45 bits per heavy atom. The summed E-state index contributed by atoms with van der Waals surface area (Å²) in [6.07, 6.45) is 0.841. The van der Waals surface area contributed by atoms with Crippen LogP contribution in [0.25, 0.3) is 0 Å². The zero-order valence-corrected chi connectivity index (χ0v) is 11.8. The number of hydrogen-bond donors (Lipinski definition) is 1. The number of para-hydroxylation sites is 2. The van der Waals surface area contributed by atoms with Crippen molar-refractivity contribution in [2.45, 2.75) is 19.9 Å². The SMILES string of the molecule is Cc1ccccc1OCCCOc1ccccc1CN. The van der Waals surface area contributed by atoms with Crippen LogP contribution in [-0.2, 0) is 6.54 Å². The molecule has 0 radical (unpaired) electrons. The van der Waals surface area contributed by atoms with Crippen molar-refractivity contribution in [3.8, 4) is 11.5 Å². The van der Waals surface area contributed by atoms with Crippen molar-refractivity contribution < 1.29 is 9.47 Å². The minimum atomic E-state index is 0.496. The molecule has 0 saturated carbocycles. The predicted molar refractivity (Wildman–Crippen MR) is 81.1 cm³/mol. The molecule has 3 nitrogen and oxygen atoms in total. The summed E-state index contributed by atoms with van der Waals surface area (Å²) >= 11 is 0. The third-order valence-electron chi connectivity index (χ3n) is 3.09. The van der Waals surface area contributed by atoms with Gasteiger partial charge in [0.2, 0.25) is 0 Å². The number of ether oxygens (including phenoxy) is 2. The Bertz CT molecular complexity index is 540. The van der Waals surface area contributed by atoms with Crippen LogP contribution in [0.2, 0.25) is 0 Å². The Hall–Kier alpha value is -2.00. The number of hydrogen-bond acceptors (Lipinski definition) is 3. The van der Waals surface area contributed by atoms with Gasteiger partial charge in [0.25, 0.3) is 0 Å². The van der Waals surface area contributed by atoms with Crippen molar-refractivity contribution >= 4 is 0 Å². The molecule has 2 aromatic carbocycles. The molecule has 0 aliphatic heterocycles. The molecule has 0 amide bonds. The summed E-state index contributed by atoms with van der Waals surface area (Å²) in [5.74, 6) is 1.81. The van der Waals surface area contributed by atoms with Gasteiger partial charge in [-0.3, -0.25) is 0 Å². The smallest absolute Gasteiger partial charge is 0.123 e. The first-order valence-corrected chi connectivity index (χ1v) is 6.90. The zero-order valence-electron chi connectivity index (χ0n) is 11.8. The lowest BCUT2D eigenvalue weighted by Crippen LogP contribution is -2.07. The van der Waals surface area contributed by atoms with Gasteiger partial charge in [-0.05, 0) is 24.6 Å². The predicted octanol–water partition coefficient (Wildman–Crippen LogP) is 3.30. The third kappa shape index (κ3) is 4.00. The Morgan fingerprint density at radius 1 is 0.850 bits per heavy atom. The van der Waals surface area contributed by atoms with Crippen LogP contribution in [0.3, 0.4) is 0 Å². The van der Waals surface area contributed by atoms with Crippen molar-refractivity contribution in [3.63, 3.8) is 0 Å². The molecule has 0 aliphatic rings. The second-order valence-electron chi connectivity index (χ2n) is 4.63. The van der Waals surface area contributed by atoms with Crippen molar-refractivity contribution in [3.05, 3.63) is 59.7 Å². The molecule has 0 atom stereocenters. The molecule has 3 heteroatoms. The van der Waals surface area contributed by atoms with Gasteiger partial charge in [-0.25, -0.2) is 0 Å². The summed E-state index contributed by atoms with van der Waals surface area (Å²) in [6, 6.07) is 15.9. The van der Waals surface area contributed by atoms with Gasteiger partial charge < -0.3 is 15.2 Å². The summed E-state index contributed by atoms with van der Waals surface area (Å²) in [5.41, 5.74) is 7.86. The van der Waals surface area contributed by atoms with Crippen molar-refractivity contribution in [1.82, 2.24) is 0 Å². The van der Waals surface area contributed by atoms with Crippen LogP contribution in [0.4, 0.5) is 0 Å². The van der Waals surface area contributed by atoms with E-state index in [0.29, 0.717) is 19.8 Å². The van der Waals surface area contributed by atoms with Crippen LogP contribution < -0.4 is 15.2 Å². The van der Waals surface area contributed by atoms with Crippen LogP contribution in [0, 0.1) is 6.92 Å². The van der Waals surface area contributed by atoms with Gasteiger partial charge in [0.05, 0.1) is 13.2 Å². The van der Waals surface area contributed by atoms with Gasteiger partial charge in [0.1, 0.15) is 11.5 Å². The lowest BCUT2D eigenvalue weighted by atomic mass is 10.2. The van der Waals surface area contributed by atoms with Gasteiger partial charge >= 0.3 is 0 Å². The highest BCUT2D eigenvalue weighted by molar-refractivity contribution is 5.33. The van der Waals surface area contributed by atoms with E-state index in [-0.39, 0.29) is 0 Å². The molecular formula is C17H21NO2. The lowest BCUT2D eigenvalue weighted by Gasteiger charge is -2.11. The number of aryl methyl sites for hydroxylation is 1. The average molecular weight is 271 g/mol. The highest BCUT2D eigenvalue weighted by atomic mass is 16.5. The van der Waals surface area contributed by atoms with E-state index in [1.165, 1.54) is 0 Å². The van der Waals surface area contributed by atoms with E-state index < -0.39 is 0 Å². The summed E-state index contributed by atoms with van der Waals surface area (Å²) < 4.78 is 11.5. The first-order valence-electron chi connectivity index (χ1n) is 6.90. The molecule has 0 saturated heterocycles. The van der Waals surface area contributed by atoms with Crippen LogP contribution in [0.5, 0.6) is 11.5 Å². The Kier molecular flexibility index (Phi) is 5.44. The average Bonchev–Trinajstić information content (AvgIpc) is 2.49. The molecule has 0 aromatic heterocycles. The maximum atomic E-state index is 5.74. The van der Waals surface area contributed by atoms with E-state index in [1.54, 1.807) is 0 Å². The fourth-order valence-corrected chi connectivity index (χ4v) is 1.95. The summed E-state index contributed by atoms with van der Waals surface area (Å²) in [5, 5.41) is 0. The molecule has 0 aliphatic carbocycles. The summed E-state index contributed by atoms with van der Waals surface area (Å²) in [7, 11) is 0. The first kappa shape index (κ1) is 14.4. The van der Waals surface area contributed by atoms with Crippen LogP contribution >= 0.6 is 0 Å². The van der Waals surface area contributed by atoms with Gasteiger partial charge in [0, 0.05) is 18.5 Å². The standard InChI is InChI=1S/C17H21NO2/c1-14-7-2-4-9-16(14)19-11-6-12-20-17-10-5-3-8-15(17)13-18/h2-5,7-10H,6,11-13,18H2,1H3. The largest absolute Gasteiger partial charge is 0.493 e. The van der Waals surface area contributed by atoms with Crippen LogP contribution in [0.15, 0.2) is 48.5 Å². The van der Waals surface area contributed by atoms with E-state index >= 15 is 0 Å². The van der Waals surface area contributed by atoms with E-state index in [9.17, 15) is 0 Å². The maximum absolute atomic E-state index is 5.74. The third-order valence-corrected chi connectivity index (χ3v) is 3.09. The van der Waals surface area contributed by atoms with Crippen molar-refractivity contribution in [1.29, 1.82) is 0 Å². The fraction of sp³-hybridized carbons (Fsp3) is 0.294. The quantitative estimate of drug-likeness (QED) is 0.786. The molecular weight excluding hydrogens is 250 g/mol. The van der Waals surface area contributed by atoms with E-state index in [4.69, 9.17) is 15.2 Å². The molecule has 0 fully saturated rings. The van der Waals surface area contributed by atoms with Gasteiger partial charge in [-0.2, -0.15) is 0 Å². The Balaban J connectivity index is 1.73. The highest BCUT2D eigenvalue weighted by Crippen LogP contribution is 2.18. The summed E-state index contributed by atoms with van der Waals surface area (Å²) in [6.45, 7) is 3.82. The summed E-state index contributed by atoms with van der Waals surface area (Å²) in [4.78, 5) is 0. The van der Waals surface area contributed by atoms with Crippen molar-refractivity contribution in [2.75, 3.05) is 13.2 Å². The lowest BCUT2D eigenvalue weighted by molar-refractivity contribution is 0.245. The van der Waals surface area contributed by atoms with E-state index in [0.717, 1.165) is 29.0 Å². The van der Waals surface area contributed by atoms with E-state index in [2.05, 4.69) is 0 Å². The molecule has 2 rings (SSSR count). The second-order valence-corrected chi connectivity index (χ2v) is 4.63. The minimum Gasteiger partial charge on any atom is -0.493 e. The zero-order chi connectivity index (χ0) is 14.2. The number of benzene rings is 2. The Morgan fingerprint density at radius 3 is 2.15 bits per heavy atom. The molecule has 0 unspecified atom stereocenters. The molecule has 0 bridgehead atoms. The molecule has 2 N–H and O–H groups in total. The molecule has 0 spiro atoms. The topological polar surface area (TPSA) is 44.5 Å². The second kappa shape index (κ2) is 7.56. The normalized spacial score (nSPS) is 10.3. The monoisotopic (exact) mass is 271 g/mol. The number of rotatable bonds is 7. The van der Waals surface area contributed by atoms with Crippen LogP contribution in [-0.4, -0.2) is 13.2 Å². The fourth-order valence-electron chi connectivity index (χ4n) is 1.95.